The summed E-state index contributed by atoms with van der Waals surface area (Å²) in [5.74, 6) is 0.541. The smallest absolute Gasteiger partial charge is 0.261 e. The van der Waals surface area contributed by atoms with E-state index in [-0.39, 0.29) is 10.8 Å². The highest BCUT2D eigenvalue weighted by atomic mass is 32.2. The minimum atomic E-state index is -3.85. The summed E-state index contributed by atoms with van der Waals surface area (Å²) in [7, 11) is -1.75. The number of benzene rings is 2. The quantitative estimate of drug-likeness (QED) is 0.525. The van der Waals surface area contributed by atoms with E-state index in [0.717, 1.165) is 43.1 Å². The Hall–Kier alpha value is -3.43. The fourth-order valence-electron chi connectivity index (χ4n) is 4.08. The number of carbonyl (C=O) groups is 1. The fraction of sp³-hybridized carbons (Fsp3) is 0.308. The van der Waals surface area contributed by atoms with E-state index in [1.165, 1.54) is 12.1 Å². The fourth-order valence-corrected chi connectivity index (χ4v) is 5.15. The summed E-state index contributed by atoms with van der Waals surface area (Å²) in [6, 6.07) is 15.5. The van der Waals surface area contributed by atoms with E-state index in [0.29, 0.717) is 23.4 Å². The van der Waals surface area contributed by atoms with Crippen molar-refractivity contribution >= 4 is 27.4 Å². The van der Waals surface area contributed by atoms with Gasteiger partial charge in [-0.1, -0.05) is 24.3 Å². The molecular weight excluding hydrogens is 462 g/mol. The third kappa shape index (κ3) is 5.98. The average Bonchev–Trinajstić information content (AvgIpc) is 2.83. The first kappa shape index (κ1) is 24.7. The Morgan fingerprint density at radius 2 is 1.77 bits per heavy atom. The number of hydrogen-bond donors (Lipinski definition) is 2. The molecule has 0 aliphatic carbocycles. The molecule has 3 aromatic rings. The molecule has 0 atom stereocenters. The van der Waals surface area contributed by atoms with Crippen molar-refractivity contribution in [3.63, 3.8) is 0 Å². The number of nitrogens with one attached hydrogen (secondary N) is 2. The zero-order valence-corrected chi connectivity index (χ0v) is 21.1. The second-order valence-electron chi connectivity index (χ2n) is 8.91. The van der Waals surface area contributed by atoms with Crippen LogP contribution < -0.4 is 14.9 Å². The molecule has 0 saturated carbocycles. The van der Waals surface area contributed by atoms with E-state index in [2.05, 4.69) is 31.9 Å². The van der Waals surface area contributed by atoms with Gasteiger partial charge in [-0.05, 0) is 62.4 Å². The van der Waals surface area contributed by atoms with Crippen LogP contribution in [0.5, 0.6) is 0 Å². The Morgan fingerprint density at radius 1 is 1.00 bits per heavy atom. The molecule has 4 rings (SSSR count). The third-order valence-electron chi connectivity index (χ3n) is 6.14. The molecule has 8 nitrogen and oxygen atoms in total. The summed E-state index contributed by atoms with van der Waals surface area (Å²) in [4.78, 5) is 22.2. The minimum absolute atomic E-state index is 0.0364. The summed E-state index contributed by atoms with van der Waals surface area (Å²) in [6.07, 6.45) is 1.76. The number of piperazine rings is 1. The standard InChI is InChI=1S/C26H31N5O3S/c1-19-6-4-8-22(16-19)29-35(33,34)23-10-9-20(2)24(17-23)26(32)28-18-21-7-5-11-27-25(21)31-14-12-30(3)13-15-31/h4-11,16-17,29H,12-15,18H2,1-3H3,(H,28,32). The van der Waals surface area contributed by atoms with Crippen molar-refractivity contribution in [3.8, 4) is 0 Å². The predicted octanol–water partition coefficient (Wildman–Crippen LogP) is 3.18. The number of rotatable bonds is 7. The molecule has 1 saturated heterocycles. The van der Waals surface area contributed by atoms with E-state index in [1.54, 1.807) is 37.4 Å². The molecule has 1 aromatic heterocycles. The van der Waals surface area contributed by atoms with Crippen LogP contribution in [0.25, 0.3) is 0 Å². The third-order valence-corrected chi connectivity index (χ3v) is 7.52. The van der Waals surface area contributed by atoms with Crippen molar-refractivity contribution in [2.45, 2.75) is 25.3 Å². The number of likely N-dealkylation sites (N-methyl/N-ethyl adjacent to an activating group) is 1. The summed E-state index contributed by atoms with van der Waals surface area (Å²) >= 11 is 0. The lowest BCUT2D eigenvalue weighted by molar-refractivity contribution is 0.0950. The number of aromatic nitrogens is 1. The Morgan fingerprint density at radius 3 is 2.51 bits per heavy atom. The van der Waals surface area contributed by atoms with Crippen LogP contribution in [0.1, 0.15) is 27.0 Å². The molecule has 1 fully saturated rings. The Kier molecular flexibility index (Phi) is 7.37. The normalized spacial score (nSPS) is 14.5. The number of aryl methyl sites for hydroxylation is 2. The highest BCUT2D eigenvalue weighted by molar-refractivity contribution is 7.92. The van der Waals surface area contributed by atoms with Crippen molar-refractivity contribution in [1.82, 2.24) is 15.2 Å². The lowest BCUT2D eigenvalue weighted by Crippen LogP contribution is -2.45. The molecule has 2 N–H and O–H groups in total. The van der Waals surface area contributed by atoms with Gasteiger partial charge in [0, 0.05) is 55.7 Å². The average molecular weight is 494 g/mol. The Balaban J connectivity index is 1.50. The van der Waals surface area contributed by atoms with Crippen molar-refractivity contribution < 1.29 is 13.2 Å². The van der Waals surface area contributed by atoms with Crippen LogP contribution in [0.3, 0.4) is 0 Å². The molecule has 9 heteroatoms. The van der Waals surface area contributed by atoms with Gasteiger partial charge in [-0.25, -0.2) is 13.4 Å². The van der Waals surface area contributed by atoms with Gasteiger partial charge in [-0.2, -0.15) is 0 Å². The first-order valence-electron chi connectivity index (χ1n) is 11.6. The Labute approximate surface area is 207 Å². The number of nitrogens with zero attached hydrogens (tertiary/aromatic N) is 3. The first-order valence-corrected chi connectivity index (χ1v) is 13.1. The first-order chi connectivity index (χ1) is 16.7. The van der Waals surface area contributed by atoms with Crippen molar-refractivity contribution in [2.75, 3.05) is 42.8 Å². The van der Waals surface area contributed by atoms with Crippen molar-refractivity contribution in [1.29, 1.82) is 0 Å². The van der Waals surface area contributed by atoms with Crippen LogP contribution in [0.4, 0.5) is 11.5 Å². The maximum atomic E-state index is 13.1. The van der Waals surface area contributed by atoms with E-state index in [9.17, 15) is 13.2 Å². The lowest BCUT2D eigenvalue weighted by Gasteiger charge is -2.34. The molecule has 1 aliphatic heterocycles. The van der Waals surface area contributed by atoms with Gasteiger partial charge in [0.25, 0.3) is 15.9 Å². The molecule has 1 amide bonds. The number of hydrogen-bond acceptors (Lipinski definition) is 6. The monoisotopic (exact) mass is 493 g/mol. The highest BCUT2D eigenvalue weighted by Gasteiger charge is 2.20. The minimum Gasteiger partial charge on any atom is -0.354 e. The number of carbonyl (C=O) groups excluding carboxylic acids is 1. The predicted molar refractivity (Wildman–Crippen MR) is 138 cm³/mol. The van der Waals surface area contributed by atoms with Crippen molar-refractivity contribution in [2.24, 2.45) is 0 Å². The summed E-state index contributed by atoms with van der Waals surface area (Å²) < 4.78 is 28.5. The van der Waals surface area contributed by atoms with Gasteiger partial charge in [-0.15, -0.1) is 0 Å². The molecule has 35 heavy (non-hydrogen) atoms. The molecule has 0 radical (unpaired) electrons. The van der Waals surface area contributed by atoms with Gasteiger partial charge in [0.05, 0.1) is 4.90 Å². The topological polar surface area (TPSA) is 94.6 Å². The summed E-state index contributed by atoms with van der Waals surface area (Å²) in [5.41, 5.74) is 3.36. The SMILES string of the molecule is Cc1cccc(NS(=O)(=O)c2ccc(C)c(C(=O)NCc3cccnc3N3CCN(C)CC3)c2)c1. The van der Waals surface area contributed by atoms with Gasteiger partial charge < -0.3 is 15.1 Å². The van der Waals surface area contributed by atoms with E-state index in [4.69, 9.17) is 0 Å². The van der Waals surface area contributed by atoms with Crippen molar-refractivity contribution in [3.05, 3.63) is 83.0 Å². The zero-order valence-electron chi connectivity index (χ0n) is 20.3. The molecule has 184 valence electrons. The van der Waals surface area contributed by atoms with E-state index < -0.39 is 10.0 Å². The number of anilines is 2. The van der Waals surface area contributed by atoms with Crippen LogP contribution in [-0.4, -0.2) is 57.4 Å². The number of sulfonamides is 1. The van der Waals surface area contributed by atoms with Crippen LogP contribution >= 0.6 is 0 Å². The summed E-state index contributed by atoms with van der Waals surface area (Å²) in [6.45, 7) is 7.65. The van der Waals surface area contributed by atoms with Crippen LogP contribution in [0.2, 0.25) is 0 Å². The molecule has 2 heterocycles. The molecule has 0 bridgehead atoms. The molecule has 0 unspecified atom stereocenters. The maximum Gasteiger partial charge on any atom is 0.261 e. The maximum absolute atomic E-state index is 13.1. The van der Waals surface area contributed by atoms with Crippen LogP contribution in [0.15, 0.2) is 65.7 Å². The molecular formula is C26H31N5O3S. The number of amides is 1. The molecule has 2 aromatic carbocycles. The van der Waals surface area contributed by atoms with Crippen LogP contribution in [0, 0.1) is 13.8 Å². The highest BCUT2D eigenvalue weighted by Crippen LogP contribution is 2.22. The van der Waals surface area contributed by atoms with E-state index >= 15 is 0 Å². The van der Waals surface area contributed by atoms with Crippen LogP contribution in [-0.2, 0) is 16.6 Å². The molecule has 0 spiro atoms. The van der Waals surface area contributed by atoms with Gasteiger partial charge in [-0.3, -0.25) is 9.52 Å². The summed E-state index contributed by atoms with van der Waals surface area (Å²) in [5, 5.41) is 2.95. The largest absolute Gasteiger partial charge is 0.354 e. The lowest BCUT2D eigenvalue weighted by atomic mass is 10.1. The van der Waals surface area contributed by atoms with Gasteiger partial charge >= 0.3 is 0 Å². The molecule has 1 aliphatic rings. The van der Waals surface area contributed by atoms with Gasteiger partial charge in [0.2, 0.25) is 0 Å². The Bertz CT molecular complexity index is 1320. The zero-order chi connectivity index (χ0) is 25.0. The van der Waals surface area contributed by atoms with Gasteiger partial charge in [0.1, 0.15) is 5.82 Å². The van der Waals surface area contributed by atoms with Gasteiger partial charge in [0.15, 0.2) is 0 Å². The van der Waals surface area contributed by atoms with E-state index in [1.807, 2.05) is 25.1 Å². The number of pyridine rings is 1. The second kappa shape index (κ2) is 10.5. The second-order valence-corrected chi connectivity index (χ2v) is 10.6.